The normalized spacial score (nSPS) is 10.1. The van der Waals surface area contributed by atoms with E-state index < -0.39 is 0 Å². The summed E-state index contributed by atoms with van der Waals surface area (Å²) in [5.41, 5.74) is 1.34. The van der Waals surface area contributed by atoms with Gasteiger partial charge in [0.25, 0.3) is 0 Å². The third-order valence-corrected chi connectivity index (χ3v) is 2.09. The Kier molecular flexibility index (Phi) is 4.94. The van der Waals surface area contributed by atoms with E-state index >= 15 is 0 Å². The van der Waals surface area contributed by atoms with Crippen LogP contribution in [0.5, 0.6) is 0 Å². The maximum Gasteiger partial charge on any atom is 0.131 e. The smallest absolute Gasteiger partial charge is 0.131 e. The van der Waals surface area contributed by atoms with Crippen LogP contribution in [0.25, 0.3) is 0 Å². The van der Waals surface area contributed by atoms with E-state index in [4.69, 9.17) is 0 Å². The molecule has 0 atom stereocenters. The summed E-state index contributed by atoms with van der Waals surface area (Å²) < 4.78 is 0. The quantitative estimate of drug-likeness (QED) is 0.695. The Morgan fingerprint density at radius 3 is 2.57 bits per heavy atom. The van der Waals surface area contributed by atoms with Crippen LogP contribution < -0.4 is 5.32 Å². The van der Waals surface area contributed by atoms with E-state index in [9.17, 15) is 4.79 Å². The molecule has 1 aromatic carbocycles. The van der Waals surface area contributed by atoms with Gasteiger partial charge in [0.2, 0.25) is 0 Å². The monoisotopic (exact) mass is 191 g/mol. The van der Waals surface area contributed by atoms with Gasteiger partial charge in [0, 0.05) is 13.0 Å². The van der Waals surface area contributed by atoms with Crippen molar-refractivity contribution >= 4 is 5.78 Å². The molecule has 0 spiro atoms. The predicted octanol–water partition coefficient (Wildman–Crippen LogP) is 1.80. The second kappa shape index (κ2) is 6.33. The maximum absolute atomic E-state index is 10.6. The van der Waals surface area contributed by atoms with Crippen LogP contribution in [0, 0.1) is 0 Å². The minimum atomic E-state index is 0.247. The summed E-state index contributed by atoms with van der Waals surface area (Å²) in [6, 6.07) is 10.3. The molecule has 0 aromatic heterocycles. The van der Waals surface area contributed by atoms with E-state index in [1.807, 2.05) is 18.2 Å². The van der Waals surface area contributed by atoms with Crippen LogP contribution >= 0.6 is 0 Å². The average Bonchev–Trinajstić information content (AvgIpc) is 2.18. The fraction of sp³-hybridized carbons (Fsp3) is 0.417. The topological polar surface area (TPSA) is 29.1 Å². The first-order valence-electron chi connectivity index (χ1n) is 5.03. The summed E-state index contributed by atoms with van der Waals surface area (Å²) >= 11 is 0. The van der Waals surface area contributed by atoms with Crippen molar-refractivity contribution in [2.45, 2.75) is 19.8 Å². The number of benzene rings is 1. The highest BCUT2D eigenvalue weighted by atomic mass is 16.1. The molecule has 0 saturated heterocycles. The lowest BCUT2D eigenvalue weighted by atomic mass is 10.1. The summed E-state index contributed by atoms with van der Waals surface area (Å²) in [5, 5.41) is 3.24. The molecule has 14 heavy (non-hydrogen) atoms. The average molecular weight is 191 g/mol. The number of Topliss-reactive ketones (excluding diaryl/α,β-unsaturated/α-hetero) is 1. The van der Waals surface area contributed by atoms with Crippen molar-refractivity contribution in [1.82, 2.24) is 5.32 Å². The fourth-order valence-corrected chi connectivity index (χ4v) is 1.27. The second-order valence-electron chi connectivity index (χ2n) is 3.44. The highest BCUT2D eigenvalue weighted by molar-refractivity contribution is 5.75. The van der Waals surface area contributed by atoms with Crippen molar-refractivity contribution < 1.29 is 4.79 Å². The first-order valence-corrected chi connectivity index (χ1v) is 5.03. The summed E-state index contributed by atoms with van der Waals surface area (Å²) in [4.78, 5) is 10.6. The van der Waals surface area contributed by atoms with E-state index in [1.165, 1.54) is 5.56 Å². The molecule has 0 heterocycles. The zero-order valence-corrected chi connectivity index (χ0v) is 8.62. The zero-order valence-electron chi connectivity index (χ0n) is 8.62. The molecule has 1 rings (SSSR count). The molecule has 2 heteroatoms. The molecule has 76 valence electrons. The van der Waals surface area contributed by atoms with Crippen molar-refractivity contribution in [1.29, 1.82) is 0 Å². The van der Waals surface area contributed by atoms with Crippen molar-refractivity contribution in [3.05, 3.63) is 35.9 Å². The Morgan fingerprint density at radius 1 is 1.21 bits per heavy atom. The van der Waals surface area contributed by atoms with E-state index in [0.717, 1.165) is 19.5 Å². The van der Waals surface area contributed by atoms with Gasteiger partial charge in [0.05, 0.1) is 0 Å². The minimum absolute atomic E-state index is 0.247. The Labute approximate surface area is 85.3 Å². The summed E-state index contributed by atoms with van der Waals surface area (Å²) in [6.07, 6.45) is 1.66. The first kappa shape index (κ1) is 10.9. The van der Waals surface area contributed by atoms with Gasteiger partial charge >= 0.3 is 0 Å². The van der Waals surface area contributed by atoms with Gasteiger partial charge in [0.15, 0.2) is 0 Å². The van der Waals surface area contributed by atoms with Gasteiger partial charge in [-0.3, -0.25) is 4.79 Å². The molecular weight excluding hydrogens is 174 g/mol. The fourth-order valence-electron chi connectivity index (χ4n) is 1.27. The van der Waals surface area contributed by atoms with E-state index in [-0.39, 0.29) is 5.78 Å². The third-order valence-electron chi connectivity index (χ3n) is 2.09. The number of hydrogen-bond donors (Lipinski definition) is 1. The second-order valence-corrected chi connectivity index (χ2v) is 3.44. The molecule has 0 unspecified atom stereocenters. The Balaban J connectivity index is 2.08. The lowest BCUT2D eigenvalue weighted by Crippen LogP contribution is -2.20. The van der Waals surface area contributed by atoms with Crippen LogP contribution in [0.15, 0.2) is 30.3 Å². The summed E-state index contributed by atoms with van der Waals surface area (Å²) in [5.74, 6) is 0.247. The zero-order chi connectivity index (χ0) is 10.2. The highest BCUT2D eigenvalue weighted by Gasteiger charge is 1.93. The number of ketones is 1. The number of carbonyl (C=O) groups excluding carboxylic acids is 1. The van der Waals surface area contributed by atoms with Crippen LogP contribution in [-0.2, 0) is 11.2 Å². The van der Waals surface area contributed by atoms with Gasteiger partial charge < -0.3 is 5.32 Å². The van der Waals surface area contributed by atoms with Crippen LogP contribution in [0.4, 0.5) is 0 Å². The standard InChI is InChI=1S/C12H17NO/c1-11(14)7-9-13-10-8-12-5-3-2-4-6-12/h2-6,13H,7-10H2,1H3. The third kappa shape index (κ3) is 4.77. The minimum Gasteiger partial charge on any atom is -0.316 e. The van der Waals surface area contributed by atoms with E-state index in [2.05, 4.69) is 17.4 Å². The van der Waals surface area contributed by atoms with Gasteiger partial charge in [-0.05, 0) is 25.5 Å². The molecule has 0 radical (unpaired) electrons. The SMILES string of the molecule is CC(=O)CCNCCc1ccccc1. The van der Waals surface area contributed by atoms with Crippen LogP contribution in [-0.4, -0.2) is 18.9 Å². The number of rotatable bonds is 6. The maximum atomic E-state index is 10.6. The van der Waals surface area contributed by atoms with Gasteiger partial charge in [-0.25, -0.2) is 0 Å². The predicted molar refractivity (Wildman–Crippen MR) is 58.3 cm³/mol. The van der Waals surface area contributed by atoms with Crippen molar-refractivity contribution in [3.8, 4) is 0 Å². The van der Waals surface area contributed by atoms with Crippen LogP contribution in [0.2, 0.25) is 0 Å². The van der Waals surface area contributed by atoms with Crippen molar-refractivity contribution in [2.24, 2.45) is 0 Å². The number of carbonyl (C=O) groups is 1. The lowest BCUT2D eigenvalue weighted by molar-refractivity contribution is -0.116. The molecule has 2 nitrogen and oxygen atoms in total. The molecule has 0 saturated carbocycles. The van der Waals surface area contributed by atoms with Gasteiger partial charge in [0.1, 0.15) is 5.78 Å². The molecule has 0 fully saturated rings. The molecular formula is C12H17NO. The molecule has 0 aliphatic rings. The Hall–Kier alpha value is -1.15. The summed E-state index contributed by atoms with van der Waals surface area (Å²) in [7, 11) is 0. The Morgan fingerprint density at radius 2 is 1.93 bits per heavy atom. The van der Waals surface area contributed by atoms with E-state index in [0.29, 0.717) is 6.42 Å². The number of nitrogens with one attached hydrogen (secondary N) is 1. The lowest BCUT2D eigenvalue weighted by Gasteiger charge is -2.02. The molecule has 0 aliphatic heterocycles. The largest absolute Gasteiger partial charge is 0.316 e. The molecule has 1 N–H and O–H groups in total. The van der Waals surface area contributed by atoms with Crippen LogP contribution in [0.3, 0.4) is 0 Å². The molecule has 0 aliphatic carbocycles. The summed E-state index contributed by atoms with van der Waals surface area (Å²) in [6.45, 7) is 3.36. The highest BCUT2D eigenvalue weighted by Crippen LogP contribution is 1.97. The van der Waals surface area contributed by atoms with Gasteiger partial charge in [-0.1, -0.05) is 30.3 Å². The molecule has 0 amide bonds. The molecule has 0 bridgehead atoms. The first-order chi connectivity index (χ1) is 6.79. The number of hydrogen-bond acceptors (Lipinski definition) is 2. The van der Waals surface area contributed by atoms with E-state index in [1.54, 1.807) is 6.92 Å². The molecule has 1 aromatic rings. The Bertz CT molecular complexity index is 269. The van der Waals surface area contributed by atoms with Gasteiger partial charge in [-0.2, -0.15) is 0 Å². The van der Waals surface area contributed by atoms with Gasteiger partial charge in [-0.15, -0.1) is 0 Å². The van der Waals surface area contributed by atoms with Crippen LogP contribution in [0.1, 0.15) is 18.9 Å². The van der Waals surface area contributed by atoms with Crippen molar-refractivity contribution in [2.75, 3.05) is 13.1 Å². The van der Waals surface area contributed by atoms with Crippen molar-refractivity contribution in [3.63, 3.8) is 0 Å².